The molecule has 2 nitrogen and oxygen atoms in total. The van der Waals surface area contributed by atoms with E-state index in [1.807, 2.05) is 0 Å². The number of hydrogen-bond acceptors (Lipinski definition) is 1. The zero-order valence-corrected chi connectivity index (χ0v) is 33.2. The van der Waals surface area contributed by atoms with Crippen molar-refractivity contribution in [1.29, 1.82) is 0 Å². The van der Waals surface area contributed by atoms with Crippen LogP contribution in [-0.4, -0.2) is 4.57 Å². The Morgan fingerprint density at radius 3 is 1.64 bits per heavy atom. The van der Waals surface area contributed by atoms with Gasteiger partial charge in [-0.3, -0.25) is 0 Å². The van der Waals surface area contributed by atoms with Crippen LogP contribution in [0, 0.1) is 0 Å². The minimum Gasteiger partial charge on any atom is -0.310 e. The van der Waals surface area contributed by atoms with Gasteiger partial charge in [-0.15, -0.1) is 0 Å². The Balaban J connectivity index is 0.985. The first-order valence-corrected chi connectivity index (χ1v) is 20.5. The van der Waals surface area contributed by atoms with Crippen LogP contribution in [0.5, 0.6) is 0 Å². The van der Waals surface area contributed by atoms with Crippen LogP contribution in [0.2, 0.25) is 0 Å². The minimum atomic E-state index is -0.107. The van der Waals surface area contributed by atoms with Crippen molar-refractivity contribution in [3.8, 4) is 50.2 Å². The van der Waals surface area contributed by atoms with Gasteiger partial charge in [0.05, 0.1) is 16.7 Å². The van der Waals surface area contributed by atoms with Crippen LogP contribution in [0.25, 0.3) is 72.0 Å². The Kier molecular flexibility index (Phi) is 8.20. The first-order chi connectivity index (χ1) is 29.0. The van der Waals surface area contributed by atoms with Crippen LogP contribution >= 0.6 is 0 Å². The quantitative estimate of drug-likeness (QED) is 0.157. The molecule has 2 heteroatoms. The van der Waals surface area contributed by atoms with E-state index in [1.54, 1.807) is 0 Å². The second-order valence-corrected chi connectivity index (χ2v) is 16.2. The van der Waals surface area contributed by atoms with E-state index in [2.05, 4.69) is 242 Å². The van der Waals surface area contributed by atoms with Gasteiger partial charge >= 0.3 is 0 Å². The van der Waals surface area contributed by atoms with E-state index in [1.165, 1.54) is 77.4 Å². The van der Waals surface area contributed by atoms with Gasteiger partial charge in [-0.05, 0) is 111 Å². The summed E-state index contributed by atoms with van der Waals surface area (Å²) in [6.45, 7) is 4.71. The van der Waals surface area contributed by atoms with Crippen molar-refractivity contribution in [2.24, 2.45) is 0 Å². The van der Waals surface area contributed by atoms with Crippen molar-refractivity contribution in [2.45, 2.75) is 19.3 Å². The van der Waals surface area contributed by atoms with Gasteiger partial charge in [0, 0.05) is 38.8 Å². The molecule has 59 heavy (non-hydrogen) atoms. The highest BCUT2D eigenvalue weighted by Crippen LogP contribution is 2.51. The molecule has 1 heterocycles. The van der Waals surface area contributed by atoms with E-state index in [4.69, 9.17) is 0 Å². The summed E-state index contributed by atoms with van der Waals surface area (Å²) in [5, 5.41) is 2.54. The lowest BCUT2D eigenvalue weighted by atomic mass is 9.82. The predicted molar refractivity (Wildman–Crippen MR) is 249 cm³/mol. The SMILES string of the molecule is CC1(C)c2ccccc2-c2ccc(N(c3ccc(-c4cccc(-c5cccc(-n6c7ccccc7c7ccccc76)c5)c4)cc3)c3ccccc3-c3ccccc3)cc21. The van der Waals surface area contributed by atoms with Crippen molar-refractivity contribution in [3.63, 3.8) is 0 Å². The van der Waals surface area contributed by atoms with Crippen LogP contribution in [-0.2, 0) is 5.41 Å². The maximum Gasteiger partial charge on any atom is 0.0541 e. The number of benzene rings is 9. The number of hydrogen-bond donors (Lipinski definition) is 0. The first kappa shape index (κ1) is 34.8. The van der Waals surface area contributed by atoms with Gasteiger partial charge < -0.3 is 9.47 Å². The maximum absolute atomic E-state index is 2.43. The van der Waals surface area contributed by atoms with Crippen molar-refractivity contribution in [3.05, 3.63) is 230 Å². The van der Waals surface area contributed by atoms with E-state index in [9.17, 15) is 0 Å². The zero-order chi connectivity index (χ0) is 39.5. The van der Waals surface area contributed by atoms with Gasteiger partial charge in [0.25, 0.3) is 0 Å². The van der Waals surface area contributed by atoms with Crippen LogP contribution in [0.4, 0.5) is 17.1 Å². The summed E-state index contributed by atoms with van der Waals surface area (Å²) >= 11 is 0. The second kappa shape index (κ2) is 13.9. The fourth-order valence-electron chi connectivity index (χ4n) is 9.50. The number of aromatic nitrogens is 1. The molecule has 0 radical (unpaired) electrons. The molecule has 0 bridgehead atoms. The van der Waals surface area contributed by atoms with Crippen LogP contribution in [0.15, 0.2) is 218 Å². The largest absolute Gasteiger partial charge is 0.310 e. The first-order valence-electron chi connectivity index (χ1n) is 20.5. The molecule has 0 amide bonds. The van der Waals surface area contributed by atoms with E-state index in [-0.39, 0.29) is 5.41 Å². The monoisotopic (exact) mass is 754 g/mol. The van der Waals surface area contributed by atoms with Crippen molar-refractivity contribution in [2.75, 3.05) is 4.90 Å². The summed E-state index contributed by atoms with van der Waals surface area (Å²) in [7, 11) is 0. The molecular weight excluding hydrogens is 713 g/mol. The topological polar surface area (TPSA) is 8.17 Å². The summed E-state index contributed by atoms with van der Waals surface area (Å²) in [5.74, 6) is 0. The van der Waals surface area contributed by atoms with Crippen molar-refractivity contribution < 1.29 is 0 Å². The lowest BCUT2D eigenvalue weighted by molar-refractivity contribution is 0.660. The fourth-order valence-corrected chi connectivity index (χ4v) is 9.50. The Hall–Kier alpha value is -7.42. The van der Waals surface area contributed by atoms with Crippen LogP contribution in [0.3, 0.4) is 0 Å². The predicted octanol–water partition coefficient (Wildman–Crippen LogP) is 15.6. The molecule has 0 aliphatic heterocycles. The van der Waals surface area contributed by atoms with E-state index < -0.39 is 0 Å². The summed E-state index contributed by atoms with van der Waals surface area (Å²) in [4.78, 5) is 2.43. The highest BCUT2D eigenvalue weighted by atomic mass is 15.1. The van der Waals surface area contributed by atoms with Gasteiger partial charge in [0.2, 0.25) is 0 Å². The summed E-state index contributed by atoms with van der Waals surface area (Å²) < 4.78 is 2.39. The highest BCUT2D eigenvalue weighted by Gasteiger charge is 2.36. The molecule has 0 saturated heterocycles. The molecular formula is C57H42N2. The Morgan fingerprint density at radius 1 is 0.356 bits per heavy atom. The Morgan fingerprint density at radius 2 is 0.898 bits per heavy atom. The van der Waals surface area contributed by atoms with E-state index in [0.717, 1.165) is 22.7 Å². The Labute approximate surface area is 345 Å². The molecule has 0 N–H and O–H groups in total. The second-order valence-electron chi connectivity index (χ2n) is 16.2. The fraction of sp³-hybridized carbons (Fsp3) is 0.0526. The molecule has 280 valence electrons. The average Bonchev–Trinajstić information content (AvgIpc) is 3.75. The van der Waals surface area contributed by atoms with Crippen LogP contribution in [0.1, 0.15) is 25.0 Å². The van der Waals surface area contributed by atoms with E-state index in [0.29, 0.717) is 0 Å². The number of rotatable bonds is 7. The summed E-state index contributed by atoms with van der Waals surface area (Å²) in [6.07, 6.45) is 0. The lowest BCUT2D eigenvalue weighted by Crippen LogP contribution is -2.16. The van der Waals surface area contributed by atoms with E-state index >= 15 is 0 Å². The maximum atomic E-state index is 2.43. The molecule has 11 rings (SSSR count). The van der Waals surface area contributed by atoms with Gasteiger partial charge in [0.1, 0.15) is 0 Å². The molecule has 10 aromatic rings. The number of para-hydroxylation sites is 3. The number of anilines is 3. The third kappa shape index (κ3) is 5.79. The molecule has 0 spiro atoms. The highest BCUT2D eigenvalue weighted by molar-refractivity contribution is 6.09. The van der Waals surface area contributed by atoms with Gasteiger partial charge in [-0.2, -0.15) is 0 Å². The summed E-state index contributed by atoms with van der Waals surface area (Å²) in [6, 6.07) is 79.8. The summed E-state index contributed by atoms with van der Waals surface area (Å²) in [5.41, 5.74) is 19.4. The molecule has 0 saturated carbocycles. The molecule has 0 atom stereocenters. The molecule has 1 aliphatic rings. The van der Waals surface area contributed by atoms with Gasteiger partial charge in [-0.1, -0.05) is 172 Å². The van der Waals surface area contributed by atoms with Crippen molar-refractivity contribution in [1.82, 2.24) is 4.57 Å². The van der Waals surface area contributed by atoms with Gasteiger partial charge in [-0.25, -0.2) is 0 Å². The van der Waals surface area contributed by atoms with Crippen LogP contribution < -0.4 is 4.90 Å². The van der Waals surface area contributed by atoms with Gasteiger partial charge in [0.15, 0.2) is 0 Å². The standard InChI is InChI=1S/C57H42N2/c1-57(2)52-26-10-6-23-48(52)49-35-34-46(38-53(49)57)58(54-27-11-7-22-47(54)40-16-4-3-5-17-40)44-32-30-39(31-33-44)41-18-14-19-42(36-41)43-20-15-21-45(37-43)59-55-28-12-8-24-50(55)51-25-9-13-29-56(51)59/h3-38H,1-2H3. The number of nitrogens with zero attached hydrogens (tertiary/aromatic N) is 2. The zero-order valence-electron chi connectivity index (χ0n) is 33.2. The molecule has 1 aliphatic carbocycles. The lowest BCUT2D eigenvalue weighted by Gasteiger charge is -2.30. The molecule has 0 unspecified atom stereocenters. The van der Waals surface area contributed by atoms with Crippen molar-refractivity contribution >= 4 is 38.9 Å². The minimum absolute atomic E-state index is 0.107. The third-order valence-electron chi connectivity index (χ3n) is 12.4. The average molecular weight is 755 g/mol. The number of fused-ring (bicyclic) bond motifs is 6. The molecule has 0 fully saturated rings. The normalized spacial score (nSPS) is 12.7. The third-order valence-corrected chi connectivity index (χ3v) is 12.4. The molecule has 9 aromatic carbocycles. The smallest absolute Gasteiger partial charge is 0.0541 e. The molecule has 1 aromatic heterocycles. The Bertz CT molecular complexity index is 3130.